The summed E-state index contributed by atoms with van der Waals surface area (Å²) in [6.45, 7) is 2.52. The molecule has 0 radical (unpaired) electrons. The fourth-order valence-corrected chi connectivity index (χ4v) is 2.88. The Labute approximate surface area is 119 Å². The molecule has 1 heterocycles. The van der Waals surface area contributed by atoms with Crippen molar-refractivity contribution in [2.45, 2.75) is 18.5 Å². The van der Waals surface area contributed by atoms with Crippen LogP contribution in [-0.2, 0) is 0 Å². The molecule has 2 N–H and O–H groups in total. The summed E-state index contributed by atoms with van der Waals surface area (Å²) in [4.78, 5) is 4.60. The molecule has 2 rings (SSSR count). The first-order valence-electron chi connectivity index (χ1n) is 6.58. The highest BCUT2D eigenvalue weighted by Crippen LogP contribution is 2.28. The Kier molecular flexibility index (Phi) is 4.79. The minimum atomic E-state index is -0.381. The molecule has 1 fully saturated rings. The van der Waals surface area contributed by atoms with Gasteiger partial charge in [0, 0.05) is 31.7 Å². The number of rotatable bonds is 4. The number of likely N-dealkylation sites (N-methyl/N-ethyl adjacent to an activating group) is 1. The van der Waals surface area contributed by atoms with Crippen molar-refractivity contribution in [3.8, 4) is 0 Å². The van der Waals surface area contributed by atoms with Crippen LogP contribution in [-0.4, -0.2) is 49.6 Å². The number of hydrogen-bond acceptors (Lipinski definition) is 3. The van der Waals surface area contributed by atoms with Crippen molar-refractivity contribution in [2.75, 3.05) is 33.7 Å². The second kappa shape index (κ2) is 6.18. The van der Waals surface area contributed by atoms with E-state index in [4.69, 9.17) is 17.3 Å². The topological polar surface area (TPSA) is 32.5 Å². The average molecular weight is 286 g/mol. The Morgan fingerprint density at radius 1 is 1.53 bits per heavy atom. The second-order valence-corrected chi connectivity index (χ2v) is 5.73. The lowest BCUT2D eigenvalue weighted by molar-refractivity contribution is 0.220. The summed E-state index contributed by atoms with van der Waals surface area (Å²) in [5.41, 5.74) is 6.90. The third-order valence-electron chi connectivity index (χ3n) is 3.92. The molecule has 1 aromatic rings. The van der Waals surface area contributed by atoms with E-state index in [9.17, 15) is 4.39 Å². The molecule has 0 bridgehead atoms. The molecular weight excluding hydrogens is 265 g/mol. The molecule has 0 aliphatic carbocycles. The predicted octanol–water partition coefficient (Wildman–Crippen LogP) is 2.11. The van der Waals surface area contributed by atoms with Gasteiger partial charge in [0.15, 0.2) is 0 Å². The van der Waals surface area contributed by atoms with Crippen molar-refractivity contribution >= 4 is 11.6 Å². The maximum absolute atomic E-state index is 13.2. The monoisotopic (exact) mass is 285 g/mol. The van der Waals surface area contributed by atoms with Crippen LogP contribution >= 0.6 is 11.6 Å². The van der Waals surface area contributed by atoms with Gasteiger partial charge < -0.3 is 10.6 Å². The Balaban J connectivity index is 2.14. The zero-order chi connectivity index (χ0) is 14.0. The fourth-order valence-electron chi connectivity index (χ4n) is 2.69. The van der Waals surface area contributed by atoms with Crippen molar-refractivity contribution in [1.82, 2.24) is 9.80 Å². The summed E-state index contributed by atoms with van der Waals surface area (Å²) in [6.07, 6.45) is 1.14. The van der Waals surface area contributed by atoms with Crippen LogP contribution in [0.15, 0.2) is 18.2 Å². The van der Waals surface area contributed by atoms with Gasteiger partial charge in [-0.2, -0.15) is 0 Å². The van der Waals surface area contributed by atoms with Crippen LogP contribution in [0, 0.1) is 5.82 Å². The average Bonchev–Trinajstić information content (AvgIpc) is 2.84. The Morgan fingerprint density at radius 3 is 2.79 bits per heavy atom. The molecule has 19 heavy (non-hydrogen) atoms. The number of halogens is 2. The lowest BCUT2D eigenvalue weighted by Crippen LogP contribution is -2.36. The van der Waals surface area contributed by atoms with Gasteiger partial charge in [0.2, 0.25) is 0 Å². The van der Waals surface area contributed by atoms with Gasteiger partial charge in [0.05, 0.1) is 5.02 Å². The maximum Gasteiger partial charge on any atom is 0.141 e. The molecule has 1 aliphatic heterocycles. The van der Waals surface area contributed by atoms with Gasteiger partial charge in [-0.05, 0) is 38.2 Å². The summed E-state index contributed by atoms with van der Waals surface area (Å²) >= 11 is 5.86. The van der Waals surface area contributed by atoms with E-state index in [1.54, 1.807) is 12.1 Å². The fraction of sp³-hybridized carbons (Fsp3) is 0.571. The van der Waals surface area contributed by atoms with Crippen molar-refractivity contribution in [2.24, 2.45) is 5.73 Å². The summed E-state index contributed by atoms with van der Waals surface area (Å²) in [5.74, 6) is -0.381. The molecule has 1 saturated heterocycles. The van der Waals surface area contributed by atoms with Crippen molar-refractivity contribution in [3.05, 3.63) is 34.6 Å². The Hall–Kier alpha value is -0.680. The molecule has 3 nitrogen and oxygen atoms in total. The molecular formula is C14H21ClFN3. The summed E-state index contributed by atoms with van der Waals surface area (Å²) in [7, 11) is 4.20. The van der Waals surface area contributed by atoms with Gasteiger partial charge in [-0.15, -0.1) is 0 Å². The van der Waals surface area contributed by atoms with Gasteiger partial charge in [-0.25, -0.2) is 4.39 Å². The maximum atomic E-state index is 13.2. The van der Waals surface area contributed by atoms with Crippen molar-refractivity contribution in [1.29, 1.82) is 0 Å². The van der Waals surface area contributed by atoms with E-state index in [0.29, 0.717) is 12.6 Å². The van der Waals surface area contributed by atoms with E-state index in [1.165, 1.54) is 6.07 Å². The molecule has 1 aliphatic rings. The quantitative estimate of drug-likeness (QED) is 0.920. The molecule has 0 aromatic heterocycles. The Bertz CT molecular complexity index is 439. The van der Waals surface area contributed by atoms with Crippen LogP contribution in [0.5, 0.6) is 0 Å². The van der Waals surface area contributed by atoms with Crippen molar-refractivity contribution in [3.63, 3.8) is 0 Å². The molecule has 5 heteroatoms. The smallest absolute Gasteiger partial charge is 0.141 e. The molecule has 2 atom stereocenters. The first kappa shape index (κ1) is 14.7. The third kappa shape index (κ3) is 3.26. The normalized spacial score (nSPS) is 22.1. The summed E-state index contributed by atoms with van der Waals surface area (Å²) in [5, 5.41) is 0.166. The van der Waals surface area contributed by atoms with Crippen LogP contribution in [0.25, 0.3) is 0 Å². The number of likely N-dealkylation sites (tertiary alicyclic amines) is 1. The van der Waals surface area contributed by atoms with Crippen LogP contribution in [0.3, 0.4) is 0 Å². The van der Waals surface area contributed by atoms with Crippen molar-refractivity contribution < 1.29 is 4.39 Å². The van der Waals surface area contributed by atoms with Gasteiger partial charge in [0.25, 0.3) is 0 Å². The molecule has 2 unspecified atom stereocenters. The molecule has 0 saturated carbocycles. The van der Waals surface area contributed by atoms with E-state index in [-0.39, 0.29) is 16.9 Å². The van der Waals surface area contributed by atoms with E-state index in [0.717, 1.165) is 25.1 Å². The van der Waals surface area contributed by atoms with Gasteiger partial charge in [-0.1, -0.05) is 17.7 Å². The number of nitrogens with two attached hydrogens (primary N) is 1. The van der Waals surface area contributed by atoms with Crippen LogP contribution in [0.4, 0.5) is 4.39 Å². The molecule has 1 aromatic carbocycles. The summed E-state index contributed by atoms with van der Waals surface area (Å²) in [6, 6.07) is 5.56. The number of hydrogen-bond donors (Lipinski definition) is 1. The van der Waals surface area contributed by atoms with E-state index >= 15 is 0 Å². The van der Waals surface area contributed by atoms with E-state index in [1.807, 2.05) is 0 Å². The highest BCUT2D eigenvalue weighted by Gasteiger charge is 2.29. The van der Waals surface area contributed by atoms with Crippen LogP contribution in [0.2, 0.25) is 5.02 Å². The SMILES string of the molecule is CN(C)C1CCN(C(CN)c2ccc(F)c(Cl)c2)C1. The van der Waals surface area contributed by atoms with Gasteiger partial charge in [0.1, 0.15) is 5.82 Å². The van der Waals surface area contributed by atoms with E-state index < -0.39 is 0 Å². The van der Waals surface area contributed by atoms with Gasteiger partial charge in [-0.3, -0.25) is 4.90 Å². The molecule has 0 amide bonds. The number of benzene rings is 1. The second-order valence-electron chi connectivity index (χ2n) is 5.33. The lowest BCUT2D eigenvalue weighted by atomic mass is 10.1. The number of nitrogens with zero attached hydrogens (tertiary/aromatic N) is 2. The molecule has 106 valence electrons. The standard InChI is InChI=1S/C14H21ClFN3/c1-18(2)11-5-6-19(9-11)14(8-17)10-3-4-13(16)12(15)7-10/h3-4,7,11,14H,5-6,8-9,17H2,1-2H3. The predicted molar refractivity (Wildman–Crippen MR) is 76.9 cm³/mol. The highest BCUT2D eigenvalue weighted by molar-refractivity contribution is 6.30. The third-order valence-corrected chi connectivity index (χ3v) is 4.21. The zero-order valence-electron chi connectivity index (χ0n) is 11.4. The zero-order valence-corrected chi connectivity index (χ0v) is 12.2. The first-order valence-corrected chi connectivity index (χ1v) is 6.96. The van der Waals surface area contributed by atoms with E-state index in [2.05, 4.69) is 23.9 Å². The minimum Gasteiger partial charge on any atom is -0.329 e. The highest BCUT2D eigenvalue weighted by atomic mass is 35.5. The van der Waals surface area contributed by atoms with Crippen LogP contribution < -0.4 is 5.73 Å². The summed E-state index contributed by atoms with van der Waals surface area (Å²) < 4.78 is 13.2. The van der Waals surface area contributed by atoms with Gasteiger partial charge >= 0.3 is 0 Å². The minimum absolute atomic E-state index is 0.114. The Morgan fingerprint density at radius 2 is 2.26 bits per heavy atom. The van der Waals surface area contributed by atoms with Crippen LogP contribution in [0.1, 0.15) is 18.0 Å². The first-order chi connectivity index (χ1) is 9.02. The molecule has 0 spiro atoms. The lowest BCUT2D eigenvalue weighted by Gasteiger charge is -2.28. The largest absolute Gasteiger partial charge is 0.329 e.